The molecule has 3 aromatic rings. The maximum Gasteiger partial charge on any atom is 0.308 e. The van der Waals surface area contributed by atoms with E-state index in [1.54, 1.807) is 6.07 Å². The zero-order valence-corrected chi connectivity index (χ0v) is 15.0. The number of nitrogens with zero attached hydrogens (tertiary/aromatic N) is 3. The molecule has 1 N–H and O–H groups in total. The van der Waals surface area contributed by atoms with Gasteiger partial charge < -0.3 is 10.0 Å². The van der Waals surface area contributed by atoms with Crippen molar-refractivity contribution in [3.8, 4) is 11.1 Å². The number of hydrogen-bond donors (Lipinski definition) is 1. The first kappa shape index (κ1) is 17.4. The number of piperidine rings is 1. The number of anilines is 1. The van der Waals surface area contributed by atoms with Crippen LogP contribution in [-0.2, 0) is 4.79 Å². The van der Waals surface area contributed by atoms with Gasteiger partial charge in [-0.05, 0) is 42.5 Å². The summed E-state index contributed by atoms with van der Waals surface area (Å²) < 4.78 is 14.5. The van der Waals surface area contributed by atoms with Gasteiger partial charge in [0.05, 0.1) is 11.3 Å². The van der Waals surface area contributed by atoms with E-state index in [9.17, 15) is 14.3 Å². The Morgan fingerprint density at radius 1 is 1.19 bits per heavy atom. The van der Waals surface area contributed by atoms with Crippen molar-refractivity contribution in [2.45, 2.75) is 19.8 Å². The summed E-state index contributed by atoms with van der Waals surface area (Å²) in [5.41, 5.74) is 3.18. The van der Waals surface area contributed by atoms with Gasteiger partial charge in [0, 0.05) is 13.1 Å². The summed E-state index contributed by atoms with van der Waals surface area (Å²) in [6, 6.07) is 11.1. The fraction of sp³-hybridized carbons (Fsp3) is 0.286. The maximum absolute atomic E-state index is 14.5. The molecular formula is C21H20FN3O2. The van der Waals surface area contributed by atoms with Crippen LogP contribution in [0.5, 0.6) is 0 Å². The van der Waals surface area contributed by atoms with Gasteiger partial charge in [0.1, 0.15) is 23.5 Å². The number of hydrogen-bond acceptors (Lipinski definition) is 4. The Balaban J connectivity index is 1.93. The van der Waals surface area contributed by atoms with Gasteiger partial charge in [0.15, 0.2) is 0 Å². The molecule has 27 heavy (non-hydrogen) atoms. The SMILES string of the molecule is Cc1ccccc1-c1ccc(F)c2ncnc(N3CCCC(C(=O)O)C3)c12. The van der Waals surface area contributed by atoms with Crippen molar-refractivity contribution in [2.75, 3.05) is 18.0 Å². The molecule has 0 bridgehead atoms. The summed E-state index contributed by atoms with van der Waals surface area (Å²) in [6.45, 7) is 3.07. The summed E-state index contributed by atoms with van der Waals surface area (Å²) in [4.78, 5) is 22.0. The number of aromatic nitrogens is 2. The lowest BCUT2D eigenvalue weighted by atomic mass is 9.95. The Bertz CT molecular complexity index is 1020. The van der Waals surface area contributed by atoms with Crippen LogP contribution in [0.4, 0.5) is 10.2 Å². The van der Waals surface area contributed by atoms with Gasteiger partial charge in [-0.1, -0.05) is 30.3 Å². The largest absolute Gasteiger partial charge is 0.481 e. The van der Waals surface area contributed by atoms with Gasteiger partial charge >= 0.3 is 5.97 Å². The molecule has 1 fully saturated rings. The average Bonchev–Trinajstić information content (AvgIpc) is 2.69. The highest BCUT2D eigenvalue weighted by Gasteiger charge is 2.28. The lowest BCUT2D eigenvalue weighted by molar-refractivity contribution is -0.141. The van der Waals surface area contributed by atoms with E-state index >= 15 is 0 Å². The average molecular weight is 365 g/mol. The lowest BCUT2D eigenvalue weighted by Crippen LogP contribution is -2.39. The minimum absolute atomic E-state index is 0.262. The van der Waals surface area contributed by atoms with Crippen LogP contribution in [0, 0.1) is 18.7 Å². The van der Waals surface area contributed by atoms with Crippen LogP contribution in [0.25, 0.3) is 22.0 Å². The fourth-order valence-electron chi connectivity index (χ4n) is 3.83. The molecule has 1 unspecified atom stereocenters. The van der Waals surface area contributed by atoms with Crippen molar-refractivity contribution in [3.63, 3.8) is 0 Å². The number of carbonyl (C=O) groups is 1. The van der Waals surface area contributed by atoms with Crippen LogP contribution in [0.3, 0.4) is 0 Å². The molecule has 1 aliphatic heterocycles. The second-order valence-corrected chi connectivity index (χ2v) is 6.95. The maximum atomic E-state index is 14.5. The van der Waals surface area contributed by atoms with E-state index in [0.717, 1.165) is 23.1 Å². The number of benzene rings is 2. The van der Waals surface area contributed by atoms with Crippen LogP contribution in [0.15, 0.2) is 42.7 Å². The summed E-state index contributed by atoms with van der Waals surface area (Å²) in [6.07, 6.45) is 2.76. The third-order valence-corrected chi connectivity index (χ3v) is 5.22. The molecule has 0 saturated carbocycles. The summed E-state index contributed by atoms with van der Waals surface area (Å²) in [5.74, 6) is -1.05. The van der Waals surface area contributed by atoms with Crippen LogP contribution >= 0.6 is 0 Å². The Labute approximate surface area is 156 Å². The predicted octanol–water partition coefficient (Wildman–Crippen LogP) is 4.05. The van der Waals surface area contributed by atoms with Crippen LogP contribution in [0.2, 0.25) is 0 Å². The van der Waals surface area contributed by atoms with Crippen molar-refractivity contribution in [1.82, 2.24) is 9.97 Å². The van der Waals surface area contributed by atoms with Crippen LogP contribution in [-0.4, -0.2) is 34.1 Å². The normalized spacial score (nSPS) is 17.3. The molecule has 5 nitrogen and oxygen atoms in total. The van der Waals surface area contributed by atoms with E-state index in [4.69, 9.17) is 0 Å². The Morgan fingerprint density at radius 3 is 2.78 bits per heavy atom. The molecule has 6 heteroatoms. The number of aryl methyl sites for hydroxylation is 1. The monoisotopic (exact) mass is 365 g/mol. The highest BCUT2D eigenvalue weighted by atomic mass is 19.1. The van der Waals surface area contributed by atoms with Gasteiger partial charge in [-0.15, -0.1) is 0 Å². The molecule has 0 radical (unpaired) electrons. The van der Waals surface area contributed by atoms with Gasteiger partial charge in [-0.3, -0.25) is 4.79 Å². The minimum atomic E-state index is -0.802. The molecule has 4 rings (SSSR count). The zero-order chi connectivity index (χ0) is 19.0. The number of carboxylic acid groups (broad SMARTS) is 1. The van der Waals surface area contributed by atoms with E-state index in [2.05, 4.69) is 9.97 Å². The van der Waals surface area contributed by atoms with E-state index in [-0.39, 0.29) is 5.52 Å². The molecule has 1 saturated heterocycles. The zero-order valence-electron chi connectivity index (χ0n) is 15.0. The van der Waals surface area contributed by atoms with Crippen LogP contribution < -0.4 is 4.90 Å². The van der Waals surface area contributed by atoms with Crippen molar-refractivity contribution < 1.29 is 14.3 Å². The highest BCUT2D eigenvalue weighted by molar-refractivity contribution is 6.02. The molecule has 2 aromatic carbocycles. The molecule has 0 amide bonds. The predicted molar refractivity (Wildman–Crippen MR) is 102 cm³/mol. The van der Waals surface area contributed by atoms with Crippen molar-refractivity contribution in [2.24, 2.45) is 5.92 Å². The summed E-state index contributed by atoms with van der Waals surface area (Å²) in [7, 11) is 0. The van der Waals surface area contributed by atoms with Crippen molar-refractivity contribution in [1.29, 1.82) is 0 Å². The molecule has 2 heterocycles. The Kier molecular flexibility index (Phi) is 4.48. The van der Waals surface area contributed by atoms with Crippen LogP contribution in [0.1, 0.15) is 18.4 Å². The Morgan fingerprint density at radius 2 is 2.00 bits per heavy atom. The van der Waals surface area contributed by atoms with Crippen molar-refractivity contribution in [3.05, 3.63) is 54.1 Å². The van der Waals surface area contributed by atoms with E-state index < -0.39 is 17.7 Å². The fourth-order valence-corrected chi connectivity index (χ4v) is 3.83. The standard InChI is InChI=1S/C21H20FN3O2/c1-13-5-2-3-7-15(13)16-8-9-17(22)19-18(16)20(24-12-23-19)25-10-4-6-14(11-25)21(26)27/h2-3,5,7-9,12,14H,4,6,10-11H2,1H3,(H,26,27). The van der Waals surface area contributed by atoms with Crippen molar-refractivity contribution >= 4 is 22.7 Å². The van der Waals surface area contributed by atoms with Gasteiger partial charge in [0.25, 0.3) is 0 Å². The summed E-state index contributed by atoms with van der Waals surface area (Å²) >= 11 is 0. The Hall–Kier alpha value is -3.02. The van der Waals surface area contributed by atoms with E-state index in [1.165, 1.54) is 12.4 Å². The van der Waals surface area contributed by atoms with Gasteiger partial charge in [-0.25, -0.2) is 14.4 Å². The number of fused-ring (bicyclic) bond motifs is 1. The molecule has 1 aliphatic rings. The summed E-state index contributed by atoms with van der Waals surface area (Å²) in [5, 5.41) is 10.0. The number of aliphatic carboxylic acids is 1. The minimum Gasteiger partial charge on any atom is -0.481 e. The molecule has 0 spiro atoms. The molecule has 1 atom stereocenters. The quantitative estimate of drug-likeness (QED) is 0.759. The van der Waals surface area contributed by atoms with Gasteiger partial charge in [0.2, 0.25) is 0 Å². The first-order valence-electron chi connectivity index (χ1n) is 9.03. The third-order valence-electron chi connectivity index (χ3n) is 5.22. The second kappa shape index (κ2) is 6.95. The third kappa shape index (κ3) is 3.12. The second-order valence-electron chi connectivity index (χ2n) is 6.95. The topological polar surface area (TPSA) is 66.3 Å². The number of carboxylic acids is 1. The number of halogens is 1. The molecular weight excluding hydrogens is 345 g/mol. The molecule has 1 aromatic heterocycles. The molecule has 0 aliphatic carbocycles. The van der Waals surface area contributed by atoms with E-state index in [1.807, 2.05) is 36.1 Å². The first-order valence-corrected chi connectivity index (χ1v) is 9.03. The van der Waals surface area contributed by atoms with E-state index in [0.29, 0.717) is 30.7 Å². The molecule has 138 valence electrons. The smallest absolute Gasteiger partial charge is 0.308 e. The number of rotatable bonds is 3. The lowest BCUT2D eigenvalue weighted by Gasteiger charge is -2.32. The van der Waals surface area contributed by atoms with Gasteiger partial charge in [-0.2, -0.15) is 0 Å². The highest BCUT2D eigenvalue weighted by Crippen LogP contribution is 2.37. The first-order chi connectivity index (χ1) is 13.1.